The molecule has 1 saturated heterocycles. The van der Waals surface area contributed by atoms with Crippen molar-refractivity contribution in [2.45, 2.75) is 51.0 Å². The van der Waals surface area contributed by atoms with Gasteiger partial charge in [-0.3, -0.25) is 4.79 Å². The lowest BCUT2D eigenvalue weighted by Crippen LogP contribution is -2.40. The molecule has 1 N–H and O–H groups in total. The lowest BCUT2D eigenvalue weighted by atomic mass is 9.91. The van der Waals surface area contributed by atoms with Gasteiger partial charge in [0.2, 0.25) is 5.60 Å². The maximum Gasteiger partial charge on any atom is 0.269 e. The molecule has 0 radical (unpaired) electrons. The number of benzene rings is 1. The van der Waals surface area contributed by atoms with Crippen molar-refractivity contribution < 1.29 is 14.6 Å². The van der Waals surface area contributed by atoms with E-state index in [0.717, 1.165) is 5.56 Å². The van der Waals surface area contributed by atoms with Crippen LogP contribution in [0.15, 0.2) is 30.3 Å². The molecule has 1 heterocycles. The molecule has 126 valence electrons. The Labute approximate surface area is 143 Å². The summed E-state index contributed by atoms with van der Waals surface area (Å²) in [5, 5.41) is 10.5. The van der Waals surface area contributed by atoms with Gasteiger partial charge in [0.25, 0.3) is 5.91 Å². The van der Waals surface area contributed by atoms with Crippen molar-refractivity contribution in [3.63, 3.8) is 0 Å². The highest BCUT2D eigenvalue weighted by atomic mass is 16.5. The van der Waals surface area contributed by atoms with Crippen molar-refractivity contribution in [1.82, 2.24) is 4.90 Å². The Morgan fingerprint density at radius 3 is 2.54 bits per heavy atom. The van der Waals surface area contributed by atoms with Crippen molar-refractivity contribution in [3.8, 4) is 23.7 Å². The van der Waals surface area contributed by atoms with Crippen LogP contribution in [0.2, 0.25) is 0 Å². The van der Waals surface area contributed by atoms with E-state index in [1.54, 1.807) is 20.9 Å². The van der Waals surface area contributed by atoms with Crippen molar-refractivity contribution in [3.05, 3.63) is 35.9 Å². The van der Waals surface area contributed by atoms with E-state index in [0.29, 0.717) is 6.42 Å². The van der Waals surface area contributed by atoms with Crippen LogP contribution >= 0.6 is 0 Å². The second-order valence-corrected chi connectivity index (χ2v) is 5.85. The average molecular weight is 325 g/mol. The van der Waals surface area contributed by atoms with E-state index in [4.69, 9.17) is 4.74 Å². The molecule has 24 heavy (non-hydrogen) atoms. The molecule has 0 saturated carbocycles. The van der Waals surface area contributed by atoms with Gasteiger partial charge >= 0.3 is 0 Å². The SMILES string of the molecule is CC#CC1(O)CC(OC(C#CC)(CC)c2ccccc2)N(C)C1=O. The number of amides is 1. The molecule has 2 rings (SSSR count). The van der Waals surface area contributed by atoms with Gasteiger partial charge in [-0.05, 0) is 25.8 Å². The van der Waals surface area contributed by atoms with Gasteiger partial charge in [-0.1, -0.05) is 49.1 Å². The maximum atomic E-state index is 12.4. The Bertz CT molecular complexity index is 722. The normalized spacial score (nSPS) is 25.3. The predicted molar refractivity (Wildman–Crippen MR) is 92.5 cm³/mol. The van der Waals surface area contributed by atoms with E-state index < -0.39 is 23.3 Å². The first-order chi connectivity index (χ1) is 11.4. The lowest BCUT2D eigenvalue weighted by molar-refractivity contribution is -0.148. The highest BCUT2D eigenvalue weighted by molar-refractivity contribution is 5.90. The third kappa shape index (κ3) is 3.17. The molecule has 0 bridgehead atoms. The summed E-state index contributed by atoms with van der Waals surface area (Å²) < 4.78 is 6.30. The molecular formula is C20H23NO3. The van der Waals surface area contributed by atoms with Crippen molar-refractivity contribution in [2.24, 2.45) is 0 Å². The summed E-state index contributed by atoms with van der Waals surface area (Å²) in [7, 11) is 1.62. The van der Waals surface area contributed by atoms with Gasteiger partial charge in [0.05, 0.1) is 0 Å². The van der Waals surface area contributed by atoms with Crippen LogP contribution in [-0.2, 0) is 15.1 Å². The molecular weight excluding hydrogens is 302 g/mol. The van der Waals surface area contributed by atoms with Crippen LogP contribution in [0.5, 0.6) is 0 Å². The Hall–Kier alpha value is -2.27. The third-order valence-corrected chi connectivity index (χ3v) is 4.31. The lowest BCUT2D eigenvalue weighted by Gasteiger charge is -2.33. The van der Waals surface area contributed by atoms with E-state index >= 15 is 0 Å². The fraction of sp³-hybridized carbons (Fsp3) is 0.450. The van der Waals surface area contributed by atoms with Crippen molar-refractivity contribution in [2.75, 3.05) is 7.05 Å². The van der Waals surface area contributed by atoms with Crippen molar-refractivity contribution in [1.29, 1.82) is 0 Å². The molecule has 1 aliphatic rings. The summed E-state index contributed by atoms with van der Waals surface area (Å²) >= 11 is 0. The zero-order valence-electron chi connectivity index (χ0n) is 14.6. The van der Waals surface area contributed by atoms with E-state index in [9.17, 15) is 9.90 Å². The fourth-order valence-corrected chi connectivity index (χ4v) is 3.02. The summed E-state index contributed by atoms with van der Waals surface area (Å²) in [6, 6.07) is 9.72. The first kappa shape index (κ1) is 18.1. The van der Waals surface area contributed by atoms with Crippen LogP contribution < -0.4 is 0 Å². The minimum absolute atomic E-state index is 0.100. The number of hydrogen-bond acceptors (Lipinski definition) is 3. The van der Waals surface area contributed by atoms with Crippen LogP contribution in [0.25, 0.3) is 0 Å². The number of rotatable bonds is 4. The molecule has 0 aromatic heterocycles. The molecule has 1 aromatic rings. The van der Waals surface area contributed by atoms with Crippen LogP contribution in [0, 0.1) is 23.7 Å². The van der Waals surface area contributed by atoms with E-state index in [2.05, 4.69) is 23.7 Å². The fourth-order valence-electron chi connectivity index (χ4n) is 3.02. The molecule has 0 spiro atoms. The molecule has 1 fully saturated rings. The van der Waals surface area contributed by atoms with E-state index in [1.165, 1.54) is 4.90 Å². The number of aliphatic hydroxyl groups is 1. The molecule has 1 amide bonds. The van der Waals surface area contributed by atoms with Crippen molar-refractivity contribution >= 4 is 5.91 Å². The topological polar surface area (TPSA) is 49.8 Å². The number of hydrogen-bond donors (Lipinski definition) is 1. The molecule has 4 nitrogen and oxygen atoms in total. The summed E-state index contributed by atoms with van der Waals surface area (Å²) in [5.41, 5.74) is -1.59. The number of ether oxygens (including phenoxy) is 1. The van der Waals surface area contributed by atoms with Gasteiger partial charge in [0.15, 0.2) is 5.60 Å². The van der Waals surface area contributed by atoms with Gasteiger partial charge in [0, 0.05) is 13.5 Å². The van der Waals surface area contributed by atoms with Crippen LogP contribution in [-0.4, -0.2) is 34.8 Å². The number of likely N-dealkylation sites (N-methyl/N-ethyl adjacent to an activating group) is 1. The van der Waals surface area contributed by atoms with Gasteiger partial charge in [-0.2, -0.15) is 0 Å². The minimum atomic E-state index is -1.69. The highest BCUT2D eigenvalue weighted by Gasteiger charge is 2.51. The second-order valence-electron chi connectivity index (χ2n) is 5.85. The zero-order valence-corrected chi connectivity index (χ0v) is 14.6. The largest absolute Gasteiger partial charge is 0.369 e. The Balaban J connectivity index is 2.39. The molecule has 1 aliphatic heterocycles. The summed E-state index contributed by atoms with van der Waals surface area (Å²) in [6.07, 6.45) is 0.126. The Morgan fingerprint density at radius 2 is 2.00 bits per heavy atom. The number of carbonyl (C=O) groups excluding carboxylic acids is 1. The quantitative estimate of drug-likeness (QED) is 0.864. The zero-order chi connectivity index (χ0) is 17.8. The Morgan fingerprint density at radius 1 is 1.33 bits per heavy atom. The molecule has 0 aliphatic carbocycles. The first-order valence-electron chi connectivity index (χ1n) is 8.03. The van der Waals surface area contributed by atoms with Gasteiger partial charge in [0.1, 0.15) is 6.23 Å². The summed E-state index contributed by atoms with van der Waals surface area (Å²) in [4.78, 5) is 13.8. The smallest absolute Gasteiger partial charge is 0.269 e. The number of nitrogens with zero attached hydrogens (tertiary/aromatic N) is 1. The molecule has 1 aromatic carbocycles. The second kappa shape index (κ2) is 7.09. The molecule has 3 atom stereocenters. The van der Waals surface area contributed by atoms with Crippen LogP contribution in [0.1, 0.15) is 39.2 Å². The van der Waals surface area contributed by atoms with E-state index in [-0.39, 0.29) is 6.42 Å². The first-order valence-corrected chi connectivity index (χ1v) is 8.03. The van der Waals surface area contributed by atoms with E-state index in [1.807, 2.05) is 37.3 Å². The van der Waals surface area contributed by atoms with Gasteiger partial charge in [-0.25, -0.2) is 0 Å². The maximum absolute atomic E-state index is 12.4. The van der Waals surface area contributed by atoms with Crippen LogP contribution in [0.4, 0.5) is 0 Å². The van der Waals surface area contributed by atoms with Gasteiger partial charge < -0.3 is 14.7 Å². The summed E-state index contributed by atoms with van der Waals surface area (Å²) in [5.74, 6) is 10.9. The Kier molecular flexibility index (Phi) is 5.34. The highest BCUT2D eigenvalue weighted by Crippen LogP contribution is 2.36. The minimum Gasteiger partial charge on any atom is -0.369 e. The monoisotopic (exact) mass is 325 g/mol. The predicted octanol–water partition coefficient (Wildman–Crippen LogP) is 2.27. The number of carbonyl (C=O) groups is 1. The third-order valence-electron chi connectivity index (χ3n) is 4.31. The van der Waals surface area contributed by atoms with Gasteiger partial charge in [-0.15, -0.1) is 11.8 Å². The molecule has 3 unspecified atom stereocenters. The average Bonchev–Trinajstić information content (AvgIpc) is 2.79. The standard InChI is InChI=1S/C20H23NO3/c1-5-13-19(23)15-17(21(4)18(19)22)24-20(7-3,14-6-2)16-11-9-8-10-12-16/h8-12,17,23H,7,15H2,1-4H3. The van der Waals surface area contributed by atoms with Crippen LogP contribution in [0.3, 0.4) is 0 Å². The number of likely N-dealkylation sites (tertiary alicyclic amines) is 1. The summed E-state index contributed by atoms with van der Waals surface area (Å²) in [6.45, 7) is 5.35. The molecule has 4 heteroatoms.